The fraction of sp³-hybridized carbons (Fsp3) is 0.444. The number of anilines is 1. The molecule has 0 spiro atoms. The van der Waals surface area contributed by atoms with Crippen molar-refractivity contribution in [3.05, 3.63) is 35.9 Å². The molecule has 1 heterocycles. The SMILES string of the molecule is CCC(=O)Nc1nnc(S[C@@H](C(=O)NC2CCCC2)c2ccccc2)s1. The van der Waals surface area contributed by atoms with Gasteiger partial charge in [-0.25, -0.2) is 0 Å². The van der Waals surface area contributed by atoms with Gasteiger partial charge in [-0.2, -0.15) is 0 Å². The predicted octanol–water partition coefficient (Wildman–Crippen LogP) is 3.78. The molecule has 1 saturated carbocycles. The zero-order chi connectivity index (χ0) is 18.4. The van der Waals surface area contributed by atoms with E-state index in [0.29, 0.717) is 15.9 Å². The molecule has 3 rings (SSSR count). The number of aromatic nitrogens is 2. The highest BCUT2D eigenvalue weighted by molar-refractivity contribution is 8.01. The quantitative estimate of drug-likeness (QED) is 0.555. The van der Waals surface area contributed by atoms with Crippen LogP contribution < -0.4 is 10.6 Å². The second-order valence-corrected chi connectivity index (χ2v) is 8.50. The van der Waals surface area contributed by atoms with Crippen LogP contribution in [0.3, 0.4) is 0 Å². The third kappa shape index (κ3) is 5.04. The van der Waals surface area contributed by atoms with Gasteiger partial charge in [0, 0.05) is 12.5 Å². The lowest BCUT2D eigenvalue weighted by Crippen LogP contribution is -2.35. The van der Waals surface area contributed by atoms with Crippen LogP contribution in [-0.2, 0) is 9.59 Å². The van der Waals surface area contributed by atoms with E-state index in [1.165, 1.54) is 35.9 Å². The molecule has 0 saturated heterocycles. The minimum atomic E-state index is -0.389. The lowest BCUT2D eigenvalue weighted by atomic mass is 10.1. The van der Waals surface area contributed by atoms with Crippen molar-refractivity contribution in [3.8, 4) is 0 Å². The first-order valence-electron chi connectivity index (χ1n) is 8.81. The molecule has 0 unspecified atom stereocenters. The number of thioether (sulfide) groups is 1. The van der Waals surface area contributed by atoms with E-state index in [-0.39, 0.29) is 23.1 Å². The van der Waals surface area contributed by atoms with E-state index in [9.17, 15) is 9.59 Å². The molecule has 1 aliphatic carbocycles. The summed E-state index contributed by atoms with van der Waals surface area (Å²) in [4.78, 5) is 24.4. The topological polar surface area (TPSA) is 84.0 Å². The van der Waals surface area contributed by atoms with Gasteiger partial charge in [-0.15, -0.1) is 10.2 Å². The summed E-state index contributed by atoms with van der Waals surface area (Å²) in [6.07, 6.45) is 4.82. The van der Waals surface area contributed by atoms with Crippen LogP contribution >= 0.6 is 23.1 Å². The minimum Gasteiger partial charge on any atom is -0.352 e. The molecule has 0 radical (unpaired) electrons. The largest absolute Gasteiger partial charge is 0.352 e. The van der Waals surface area contributed by atoms with Gasteiger partial charge in [0.2, 0.25) is 16.9 Å². The third-order valence-corrected chi connectivity index (χ3v) is 6.41. The second kappa shape index (κ2) is 9.14. The van der Waals surface area contributed by atoms with Crippen LogP contribution in [0.5, 0.6) is 0 Å². The summed E-state index contributed by atoms with van der Waals surface area (Å²) in [7, 11) is 0. The molecule has 1 aromatic carbocycles. The first kappa shape index (κ1) is 18.8. The molecule has 6 nitrogen and oxygen atoms in total. The van der Waals surface area contributed by atoms with Crippen molar-refractivity contribution in [3.63, 3.8) is 0 Å². The van der Waals surface area contributed by atoms with Crippen molar-refractivity contribution in [1.82, 2.24) is 15.5 Å². The summed E-state index contributed by atoms with van der Waals surface area (Å²) in [5.74, 6) is -0.0984. The Morgan fingerprint density at radius 2 is 1.96 bits per heavy atom. The van der Waals surface area contributed by atoms with E-state index < -0.39 is 0 Å². The molecule has 2 aromatic rings. The average Bonchev–Trinajstić information content (AvgIpc) is 3.32. The Kier molecular flexibility index (Phi) is 6.62. The first-order valence-corrected chi connectivity index (χ1v) is 10.5. The first-order chi connectivity index (χ1) is 12.7. The van der Waals surface area contributed by atoms with Gasteiger partial charge < -0.3 is 10.6 Å². The van der Waals surface area contributed by atoms with E-state index in [1.54, 1.807) is 6.92 Å². The van der Waals surface area contributed by atoms with E-state index in [1.807, 2.05) is 30.3 Å². The smallest absolute Gasteiger partial charge is 0.238 e. The Bertz CT molecular complexity index is 745. The number of nitrogens with one attached hydrogen (secondary N) is 2. The van der Waals surface area contributed by atoms with E-state index in [0.717, 1.165) is 18.4 Å². The monoisotopic (exact) mass is 390 g/mol. The van der Waals surface area contributed by atoms with E-state index in [4.69, 9.17) is 0 Å². The minimum absolute atomic E-state index is 0.00226. The van der Waals surface area contributed by atoms with Crippen molar-refractivity contribution >= 4 is 40.0 Å². The third-order valence-electron chi connectivity index (χ3n) is 4.23. The number of carbonyl (C=O) groups excluding carboxylic acids is 2. The maximum Gasteiger partial charge on any atom is 0.238 e. The Labute approximate surface area is 161 Å². The van der Waals surface area contributed by atoms with Crippen molar-refractivity contribution in [2.75, 3.05) is 5.32 Å². The summed E-state index contributed by atoms with van der Waals surface area (Å²) in [6.45, 7) is 1.78. The summed E-state index contributed by atoms with van der Waals surface area (Å²) < 4.78 is 0.659. The number of benzene rings is 1. The molecular formula is C18H22N4O2S2. The summed E-state index contributed by atoms with van der Waals surface area (Å²) in [6, 6.07) is 9.96. The predicted molar refractivity (Wildman–Crippen MR) is 104 cm³/mol. The Balaban J connectivity index is 1.73. The van der Waals surface area contributed by atoms with Gasteiger partial charge in [0.1, 0.15) is 5.25 Å². The number of hydrogen-bond donors (Lipinski definition) is 2. The molecule has 8 heteroatoms. The van der Waals surface area contributed by atoms with Crippen molar-refractivity contribution in [2.45, 2.75) is 54.7 Å². The number of rotatable bonds is 7. The Morgan fingerprint density at radius 1 is 1.23 bits per heavy atom. The van der Waals surface area contributed by atoms with Gasteiger partial charge in [-0.05, 0) is 18.4 Å². The van der Waals surface area contributed by atoms with Gasteiger partial charge >= 0.3 is 0 Å². The summed E-state index contributed by atoms with van der Waals surface area (Å²) in [5.41, 5.74) is 0.933. The van der Waals surface area contributed by atoms with Crippen LogP contribution in [0.15, 0.2) is 34.7 Å². The van der Waals surface area contributed by atoms with Gasteiger partial charge in [-0.1, -0.05) is 73.2 Å². The zero-order valence-electron chi connectivity index (χ0n) is 14.6. The number of hydrogen-bond acceptors (Lipinski definition) is 6. The standard InChI is InChI=1S/C18H22N4O2S2/c1-2-14(23)20-17-21-22-18(26-17)25-15(12-8-4-3-5-9-12)16(24)19-13-10-6-7-11-13/h3-5,8-9,13,15H,2,6-7,10-11H2,1H3,(H,19,24)(H,20,21,23)/t15-/m1/s1. The van der Waals surface area contributed by atoms with Gasteiger partial charge in [-0.3, -0.25) is 9.59 Å². The molecule has 0 aliphatic heterocycles. The van der Waals surface area contributed by atoms with Crippen LogP contribution in [0.2, 0.25) is 0 Å². The Morgan fingerprint density at radius 3 is 2.65 bits per heavy atom. The molecule has 26 heavy (non-hydrogen) atoms. The summed E-state index contributed by atoms with van der Waals surface area (Å²) >= 11 is 2.66. The van der Waals surface area contributed by atoms with Crippen LogP contribution in [0, 0.1) is 0 Å². The number of carbonyl (C=O) groups is 2. The molecule has 0 bridgehead atoms. The fourth-order valence-corrected chi connectivity index (χ4v) is 4.83. The maximum absolute atomic E-state index is 12.9. The number of amides is 2. The van der Waals surface area contributed by atoms with Crippen LogP contribution in [-0.4, -0.2) is 28.1 Å². The normalized spacial score (nSPS) is 15.6. The lowest BCUT2D eigenvalue weighted by molar-refractivity contribution is -0.121. The van der Waals surface area contributed by atoms with Crippen LogP contribution in [0.25, 0.3) is 0 Å². The summed E-state index contributed by atoms with van der Waals surface area (Å²) in [5, 5.41) is 14.1. The van der Waals surface area contributed by atoms with Gasteiger partial charge in [0.05, 0.1) is 0 Å². The molecule has 1 aliphatic rings. The molecule has 138 valence electrons. The molecule has 1 fully saturated rings. The molecule has 2 N–H and O–H groups in total. The molecule has 1 atom stereocenters. The van der Waals surface area contributed by atoms with Gasteiger partial charge in [0.25, 0.3) is 0 Å². The second-order valence-electron chi connectivity index (χ2n) is 6.17. The van der Waals surface area contributed by atoms with Gasteiger partial charge in [0.15, 0.2) is 4.34 Å². The highest BCUT2D eigenvalue weighted by Gasteiger charge is 2.27. The van der Waals surface area contributed by atoms with Crippen molar-refractivity contribution < 1.29 is 9.59 Å². The highest BCUT2D eigenvalue weighted by Crippen LogP contribution is 2.38. The average molecular weight is 391 g/mol. The van der Waals surface area contributed by atoms with Crippen molar-refractivity contribution in [1.29, 1.82) is 0 Å². The van der Waals surface area contributed by atoms with Crippen LogP contribution in [0.4, 0.5) is 5.13 Å². The fourth-order valence-electron chi connectivity index (χ4n) is 2.86. The maximum atomic E-state index is 12.9. The van der Waals surface area contributed by atoms with Crippen LogP contribution in [0.1, 0.15) is 49.8 Å². The van der Waals surface area contributed by atoms with Crippen molar-refractivity contribution in [2.24, 2.45) is 0 Å². The molecule has 2 amide bonds. The highest BCUT2D eigenvalue weighted by atomic mass is 32.2. The van der Waals surface area contributed by atoms with E-state index >= 15 is 0 Å². The number of nitrogens with zero attached hydrogens (tertiary/aromatic N) is 2. The molecular weight excluding hydrogens is 368 g/mol. The van der Waals surface area contributed by atoms with E-state index in [2.05, 4.69) is 20.8 Å². The Hall–Kier alpha value is -1.93. The zero-order valence-corrected chi connectivity index (χ0v) is 16.2. The molecule has 1 aromatic heterocycles. The lowest BCUT2D eigenvalue weighted by Gasteiger charge is -2.19.